The van der Waals surface area contributed by atoms with Crippen LogP contribution in [0.15, 0.2) is 23.1 Å². The molecule has 0 bridgehead atoms. The molecular formula is C11H12ClFN4O2S. The van der Waals surface area contributed by atoms with E-state index in [9.17, 15) is 12.8 Å². The van der Waals surface area contributed by atoms with Crippen LogP contribution in [0.4, 0.5) is 15.9 Å². The smallest absolute Gasteiger partial charge is 0.264 e. The molecule has 2 rings (SSSR count). The number of halogens is 2. The normalized spacial score (nSPS) is 11.6. The number of aromatic nitrogens is 2. The summed E-state index contributed by atoms with van der Waals surface area (Å²) in [7, 11) is -3.99. The van der Waals surface area contributed by atoms with Crippen LogP contribution in [-0.2, 0) is 16.4 Å². The van der Waals surface area contributed by atoms with Gasteiger partial charge in [-0.2, -0.15) is 5.10 Å². The number of aromatic amines is 1. The lowest BCUT2D eigenvalue weighted by Gasteiger charge is -2.08. The van der Waals surface area contributed by atoms with Gasteiger partial charge in [-0.1, -0.05) is 18.5 Å². The van der Waals surface area contributed by atoms with Gasteiger partial charge in [-0.3, -0.25) is 9.82 Å². The topological polar surface area (TPSA) is 101 Å². The second kappa shape index (κ2) is 5.29. The first-order valence-corrected chi connectivity index (χ1v) is 7.51. The molecule has 0 fully saturated rings. The van der Waals surface area contributed by atoms with E-state index in [4.69, 9.17) is 17.3 Å². The zero-order valence-corrected chi connectivity index (χ0v) is 12.0. The Hall–Kier alpha value is -1.80. The van der Waals surface area contributed by atoms with Gasteiger partial charge in [0, 0.05) is 11.8 Å². The van der Waals surface area contributed by atoms with E-state index >= 15 is 0 Å². The van der Waals surface area contributed by atoms with Gasteiger partial charge in [0.05, 0.1) is 10.7 Å². The Balaban J connectivity index is 2.37. The molecule has 108 valence electrons. The minimum Gasteiger partial charge on any atom is -0.396 e. The molecule has 1 aromatic heterocycles. The molecule has 0 saturated carbocycles. The van der Waals surface area contributed by atoms with Crippen LogP contribution in [0.3, 0.4) is 0 Å². The summed E-state index contributed by atoms with van der Waals surface area (Å²) in [6.45, 7) is 1.89. The lowest BCUT2D eigenvalue weighted by atomic mass is 10.3. The molecule has 0 amide bonds. The third kappa shape index (κ3) is 2.86. The number of nitrogens with two attached hydrogens (primary N) is 1. The number of hydrogen-bond donors (Lipinski definition) is 3. The van der Waals surface area contributed by atoms with Crippen LogP contribution in [0.2, 0.25) is 5.02 Å². The molecule has 1 aromatic carbocycles. The van der Waals surface area contributed by atoms with Crippen molar-refractivity contribution in [2.24, 2.45) is 0 Å². The summed E-state index contributed by atoms with van der Waals surface area (Å²) in [6, 6.07) is 3.37. The largest absolute Gasteiger partial charge is 0.396 e. The van der Waals surface area contributed by atoms with Crippen molar-refractivity contribution in [3.8, 4) is 0 Å². The number of nitrogen functional groups attached to an aromatic ring is 1. The molecule has 1 heterocycles. The zero-order valence-electron chi connectivity index (χ0n) is 10.4. The van der Waals surface area contributed by atoms with Gasteiger partial charge in [-0.25, -0.2) is 12.8 Å². The van der Waals surface area contributed by atoms with Gasteiger partial charge < -0.3 is 5.73 Å². The first kappa shape index (κ1) is 14.6. The summed E-state index contributed by atoms with van der Waals surface area (Å²) in [4.78, 5) is -0.306. The molecule has 0 atom stereocenters. The first-order valence-electron chi connectivity index (χ1n) is 5.65. The summed E-state index contributed by atoms with van der Waals surface area (Å²) in [6.07, 6.45) is 0.680. The van der Waals surface area contributed by atoms with Gasteiger partial charge in [0.2, 0.25) is 0 Å². The molecule has 0 radical (unpaired) electrons. The molecular weight excluding hydrogens is 307 g/mol. The minimum atomic E-state index is -3.99. The number of nitrogens with one attached hydrogen (secondary N) is 2. The van der Waals surface area contributed by atoms with Gasteiger partial charge in [0.15, 0.2) is 5.82 Å². The van der Waals surface area contributed by atoms with E-state index in [1.807, 2.05) is 6.92 Å². The fourth-order valence-corrected chi connectivity index (χ4v) is 3.08. The molecule has 2 aromatic rings. The highest BCUT2D eigenvalue weighted by Gasteiger charge is 2.21. The Labute approximate surface area is 120 Å². The van der Waals surface area contributed by atoms with Crippen LogP contribution in [0, 0.1) is 5.82 Å². The average molecular weight is 319 g/mol. The van der Waals surface area contributed by atoms with Crippen LogP contribution in [0.25, 0.3) is 0 Å². The minimum absolute atomic E-state index is 0.126. The highest BCUT2D eigenvalue weighted by atomic mass is 35.5. The maximum atomic E-state index is 13.2. The van der Waals surface area contributed by atoms with Crippen molar-refractivity contribution in [1.82, 2.24) is 10.2 Å². The van der Waals surface area contributed by atoms with Gasteiger partial charge in [0.25, 0.3) is 10.0 Å². The number of anilines is 2. The lowest BCUT2D eigenvalue weighted by molar-refractivity contribution is 0.600. The van der Waals surface area contributed by atoms with Crippen LogP contribution >= 0.6 is 11.6 Å². The second-order valence-electron chi connectivity index (χ2n) is 4.04. The van der Waals surface area contributed by atoms with Crippen molar-refractivity contribution in [1.29, 1.82) is 0 Å². The lowest BCUT2D eigenvalue weighted by Crippen LogP contribution is -2.14. The molecule has 9 heteroatoms. The number of sulfonamides is 1. The fraction of sp³-hybridized carbons (Fsp3) is 0.182. The Morgan fingerprint density at radius 1 is 1.45 bits per heavy atom. The number of aryl methyl sites for hydroxylation is 1. The number of hydrogen-bond acceptors (Lipinski definition) is 4. The predicted molar refractivity (Wildman–Crippen MR) is 74.6 cm³/mol. The van der Waals surface area contributed by atoms with Crippen molar-refractivity contribution in [2.75, 3.05) is 10.5 Å². The third-order valence-electron chi connectivity index (χ3n) is 2.59. The predicted octanol–water partition coefficient (Wildman–Crippen LogP) is 2.15. The quantitative estimate of drug-likeness (QED) is 0.752. The summed E-state index contributed by atoms with van der Waals surface area (Å²) in [5.74, 6) is -0.650. The van der Waals surface area contributed by atoms with Gasteiger partial charge in [0.1, 0.15) is 10.7 Å². The van der Waals surface area contributed by atoms with Crippen LogP contribution in [-0.4, -0.2) is 18.6 Å². The Morgan fingerprint density at radius 3 is 2.75 bits per heavy atom. The van der Waals surface area contributed by atoms with Gasteiger partial charge >= 0.3 is 0 Å². The maximum absolute atomic E-state index is 13.2. The molecule has 0 aliphatic rings. The van der Waals surface area contributed by atoms with Crippen LogP contribution < -0.4 is 10.5 Å². The Kier molecular flexibility index (Phi) is 3.87. The molecule has 0 aliphatic carbocycles. The van der Waals surface area contributed by atoms with Gasteiger partial charge in [-0.15, -0.1) is 0 Å². The SMILES string of the molecule is CCc1cc(NS(=O)(=O)c2cc(N)c(F)cc2Cl)n[nH]1. The van der Waals surface area contributed by atoms with Gasteiger partial charge in [-0.05, 0) is 18.6 Å². The van der Waals surface area contributed by atoms with E-state index in [0.29, 0.717) is 6.42 Å². The molecule has 6 nitrogen and oxygen atoms in total. The van der Waals surface area contributed by atoms with Crippen LogP contribution in [0.5, 0.6) is 0 Å². The average Bonchev–Trinajstić information content (AvgIpc) is 2.80. The monoisotopic (exact) mass is 318 g/mol. The van der Waals surface area contributed by atoms with E-state index in [1.165, 1.54) is 0 Å². The summed E-state index contributed by atoms with van der Waals surface area (Å²) < 4.78 is 39.7. The van der Waals surface area contributed by atoms with E-state index < -0.39 is 15.8 Å². The molecule has 0 saturated heterocycles. The van der Waals surface area contributed by atoms with E-state index in [2.05, 4.69) is 14.9 Å². The zero-order chi connectivity index (χ0) is 14.9. The standard InChI is InChI=1S/C11H12ClFN4O2S/c1-2-6-3-11(16-15-6)17-20(18,19)10-5-9(14)8(13)4-7(10)12/h3-5H,2,14H2,1H3,(H2,15,16,17). The first-order chi connectivity index (χ1) is 9.33. The Bertz CT molecular complexity index is 745. The van der Waals surface area contributed by atoms with Crippen molar-refractivity contribution < 1.29 is 12.8 Å². The van der Waals surface area contributed by atoms with E-state index in [1.54, 1.807) is 6.07 Å². The fourth-order valence-electron chi connectivity index (χ4n) is 1.54. The van der Waals surface area contributed by atoms with Crippen molar-refractivity contribution in [3.05, 3.63) is 34.7 Å². The van der Waals surface area contributed by atoms with Crippen molar-refractivity contribution >= 4 is 33.1 Å². The number of H-pyrrole nitrogens is 1. The molecule has 4 N–H and O–H groups in total. The maximum Gasteiger partial charge on any atom is 0.264 e. The summed E-state index contributed by atoms with van der Waals surface area (Å²) in [5.41, 5.74) is 5.83. The summed E-state index contributed by atoms with van der Waals surface area (Å²) in [5, 5.41) is 6.22. The van der Waals surface area contributed by atoms with Crippen molar-refractivity contribution in [2.45, 2.75) is 18.2 Å². The Morgan fingerprint density at radius 2 is 2.15 bits per heavy atom. The highest BCUT2D eigenvalue weighted by molar-refractivity contribution is 7.92. The highest BCUT2D eigenvalue weighted by Crippen LogP contribution is 2.27. The third-order valence-corrected chi connectivity index (χ3v) is 4.41. The molecule has 20 heavy (non-hydrogen) atoms. The second-order valence-corrected chi connectivity index (χ2v) is 6.10. The van der Waals surface area contributed by atoms with E-state index in [-0.39, 0.29) is 21.4 Å². The molecule has 0 spiro atoms. The molecule has 0 unspecified atom stereocenters. The number of nitrogens with zero attached hydrogens (tertiary/aromatic N) is 1. The van der Waals surface area contributed by atoms with Crippen LogP contribution in [0.1, 0.15) is 12.6 Å². The van der Waals surface area contributed by atoms with E-state index in [0.717, 1.165) is 17.8 Å². The number of benzene rings is 1. The molecule has 0 aliphatic heterocycles. The van der Waals surface area contributed by atoms with Crippen molar-refractivity contribution in [3.63, 3.8) is 0 Å². The summed E-state index contributed by atoms with van der Waals surface area (Å²) >= 11 is 5.74. The number of rotatable bonds is 4.